The predicted molar refractivity (Wildman–Crippen MR) is 86.2 cm³/mol. The number of rotatable bonds is 8. The fourth-order valence-electron chi connectivity index (χ4n) is 2.49. The molecule has 8 heteroatoms. The number of aliphatic hydroxyl groups is 1. The first kappa shape index (κ1) is 18.9. The average Bonchev–Trinajstić information content (AvgIpc) is 2.90. The summed E-state index contributed by atoms with van der Waals surface area (Å²) in [5, 5.41) is 24.3. The minimum atomic E-state index is -1.33. The van der Waals surface area contributed by atoms with Gasteiger partial charge in [-0.3, -0.25) is 0 Å². The molecule has 0 aliphatic carbocycles. The van der Waals surface area contributed by atoms with Crippen LogP contribution in [0.4, 0.5) is 13.6 Å². The Hall–Kier alpha value is -2.45. The van der Waals surface area contributed by atoms with Crippen molar-refractivity contribution in [3.05, 3.63) is 59.1 Å². The minimum Gasteiger partial charge on any atom is -0.465 e. The number of carbonyl (C=O) groups is 1. The maximum Gasteiger partial charge on any atom is 0.404 e. The summed E-state index contributed by atoms with van der Waals surface area (Å²) in [5.41, 5.74) is 0.247. The lowest BCUT2D eigenvalue weighted by atomic mass is 10.0. The number of nitrogens with one attached hydrogen (secondary N) is 2. The quantitative estimate of drug-likeness (QED) is 0.583. The molecule has 2 rings (SSSR count). The number of aliphatic hydroxyl groups excluding tert-OH is 1. The molecule has 0 aliphatic heterocycles. The number of hydrogen-bond acceptors (Lipinski definition) is 4. The van der Waals surface area contributed by atoms with Gasteiger partial charge >= 0.3 is 6.09 Å². The topological polar surface area (TPSA) is 94.7 Å². The van der Waals surface area contributed by atoms with E-state index in [1.807, 2.05) is 6.92 Å². The van der Waals surface area contributed by atoms with Gasteiger partial charge in [-0.2, -0.15) is 0 Å². The zero-order valence-corrected chi connectivity index (χ0v) is 13.6. The van der Waals surface area contributed by atoms with Crippen LogP contribution in [0.15, 0.2) is 34.7 Å². The largest absolute Gasteiger partial charge is 0.465 e. The smallest absolute Gasteiger partial charge is 0.404 e. The molecule has 136 valence electrons. The summed E-state index contributed by atoms with van der Waals surface area (Å²) in [6.45, 7) is 2.24. The van der Waals surface area contributed by atoms with E-state index in [1.165, 1.54) is 0 Å². The first-order valence-corrected chi connectivity index (χ1v) is 7.72. The molecular formula is C17H20F2N2O4. The molecule has 2 unspecified atom stereocenters. The molecule has 0 fully saturated rings. The van der Waals surface area contributed by atoms with E-state index >= 15 is 0 Å². The summed E-state index contributed by atoms with van der Waals surface area (Å²) in [7, 11) is 0. The van der Waals surface area contributed by atoms with Crippen LogP contribution < -0.4 is 10.6 Å². The zero-order valence-electron chi connectivity index (χ0n) is 13.6. The Morgan fingerprint density at radius 2 is 1.92 bits per heavy atom. The van der Waals surface area contributed by atoms with Gasteiger partial charge in [0, 0.05) is 12.6 Å². The standard InChI is InChI=1S/C17H20F2N2O4/c1-10-2-3-14(25-10)8-20-9-16(22)15(21-17(23)24)6-11-4-12(18)7-13(19)5-11/h2-5,7,15-16,20-22H,6,8-9H2,1H3,(H,23,24). The van der Waals surface area contributed by atoms with Crippen molar-refractivity contribution in [1.82, 2.24) is 10.6 Å². The van der Waals surface area contributed by atoms with Crippen LogP contribution in [0.5, 0.6) is 0 Å². The van der Waals surface area contributed by atoms with Gasteiger partial charge in [0.25, 0.3) is 0 Å². The Labute approximate surface area is 143 Å². The molecule has 0 radical (unpaired) electrons. The normalized spacial score (nSPS) is 13.4. The van der Waals surface area contributed by atoms with Gasteiger partial charge in [-0.05, 0) is 43.2 Å². The van der Waals surface area contributed by atoms with E-state index in [0.29, 0.717) is 12.3 Å². The fourth-order valence-corrected chi connectivity index (χ4v) is 2.49. The molecule has 4 N–H and O–H groups in total. The van der Waals surface area contributed by atoms with Crippen molar-refractivity contribution >= 4 is 6.09 Å². The molecule has 1 aromatic heterocycles. The second kappa shape index (κ2) is 8.59. The maximum absolute atomic E-state index is 13.3. The number of benzene rings is 1. The van der Waals surface area contributed by atoms with Gasteiger partial charge in [-0.25, -0.2) is 13.6 Å². The van der Waals surface area contributed by atoms with E-state index in [1.54, 1.807) is 12.1 Å². The highest BCUT2D eigenvalue weighted by Gasteiger charge is 2.22. The van der Waals surface area contributed by atoms with Gasteiger partial charge in [0.2, 0.25) is 0 Å². The van der Waals surface area contributed by atoms with E-state index in [-0.39, 0.29) is 18.5 Å². The molecule has 6 nitrogen and oxygen atoms in total. The zero-order chi connectivity index (χ0) is 18.4. The number of carboxylic acid groups (broad SMARTS) is 1. The van der Waals surface area contributed by atoms with Crippen LogP contribution in [0.25, 0.3) is 0 Å². The van der Waals surface area contributed by atoms with Crippen molar-refractivity contribution in [2.75, 3.05) is 6.54 Å². The van der Waals surface area contributed by atoms with Gasteiger partial charge in [0.15, 0.2) is 0 Å². The molecule has 0 aliphatic rings. The van der Waals surface area contributed by atoms with E-state index in [9.17, 15) is 18.7 Å². The summed E-state index contributed by atoms with van der Waals surface area (Å²) < 4.78 is 31.9. The molecule has 1 amide bonds. The SMILES string of the molecule is Cc1ccc(CNCC(O)C(Cc2cc(F)cc(F)c2)NC(=O)O)o1. The first-order valence-electron chi connectivity index (χ1n) is 7.72. The van der Waals surface area contributed by atoms with E-state index < -0.39 is 29.9 Å². The highest BCUT2D eigenvalue weighted by Crippen LogP contribution is 2.12. The summed E-state index contributed by atoms with van der Waals surface area (Å²) in [5.74, 6) is -0.0784. The van der Waals surface area contributed by atoms with Gasteiger partial charge in [0.1, 0.15) is 23.2 Å². The Morgan fingerprint density at radius 1 is 1.24 bits per heavy atom. The molecule has 0 saturated carbocycles. The van der Waals surface area contributed by atoms with Crippen molar-refractivity contribution < 1.29 is 28.2 Å². The Balaban J connectivity index is 1.96. The second-order valence-electron chi connectivity index (χ2n) is 5.75. The number of amides is 1. The monoisotopic (exact) mass is 354 g/mol. The Bertz CT molecular complexity index is 700. The maximum atomic E-state index is 13.3. The molecule has 1 aromatic carbocycles. The molecular weight excluding hydrogens is 334 g/mol. The summed E-state index contributed by atoms with van der Waals surface area (Å²) >= 11 is 0. The van der Waals surface area contributed by atoms with Gasteiger partial charge in [-0.15, -0.1) is 0 Å². The third-order valence-electron chi connectivity index (χ3n) is 3.60. The molecule has 0 spiro atoms. The molecule has 1 heterocycles. The van der Waals surface area contributed by atoms with E-state index in [4.69, 9.17) is 9.52 Å². The molecule has 2 aromatic rings. The van der Waals surface area contributed by atoms with Crippen molar-refractivity contribution in [2.45, 2.75) is 32.0 Å². The predicted octanol–water partition coefficient (Wildman–Crippen LogP) is 2.20. The highest BCUT2D eigenvalue weighted by atomic mass is 19.1. The first-order chi connectivity index (χ1) is 11.8. The molecule has 2 atom stereocenters. The van der Waals surface area contributed by atoms with Crippen LogP contribution in [0.2, 0.25) is 0 Å². The van der Waals surface area contributed by atoms with E-state index in [0.717, 1.165) is 24.0 Å². The van der Waals surface area contributed by atoms with Crippen molar-refractivity contribution in [3.63, 3.8) is 0 Å². The highest BCUT2D eigenvalue weighted by molar-refractivity contribution is 5.65. The van der Waals surface area contributed by atoms with Gasteiger partial charge < -0.3 is 25.3 Å². The molecule has 0 saturated heterocycles. The van der Waals surface area contributed by atoms with Gasteiger partial charge in [-0.1, -0.05) is 0 Å². The minimum absolute atomic E-state index is 0.0519. The lowest BCUT2D eigenvalue weighted by Gasteiger charge is -2.23. The molecule has 25 heavy (non-hydrogen) atoms. The third kappa shape index (κ3) is 6.17. The van der Waals surface area contributed by atoms with Crippen molar-refractivity contribution in [1.29, 1.82) is 0 Å². The average molecular weight is 354 g/mol. The number of halogens is 2. The van der Waals surface area contributed by atoms with Crippen LogP contribution in [0, 0.1) is 18.6 Å². The Kier molecular flexibility index (Phi) is 6.49. The van der Waals surface area contributed by atoms with Crippen LogP contribution in [-0.2, 0) is 13.0 Å². The third-order valence-corrected chi connectivity index (χ3v) is 3.60. The van der Waals surface area contributed by atoms with Crippen LogP contribution in [0.1, 0.15) is 17.1 Å². The Morgan fingerprint density at radius 3 is 2.48 bits per heavy atom. The van der Waals surface area contributed by atoms with Crippen LogP contribution in [0.3, 0.4) is 0 Å². The van der Waals surface area contributed by atoms with Crippen molar-refractivity contribution in [2.24, 2.45) is 0 Å². The second-order valence-corrected chi connectivity index (χ2v) is 5.75. The number of hydrogen-bond donors (Lipinski definition) is 4. The van der Waals surface area contributed by atoms with E-state index in [2.05, 4.69) is 10.6 Å². The fraction of sp³-hybridized carbons (Fsp3) is 0.353. The van der Waals surface area contributed by atoms with Crippen LogP contribution in [-0.4, -0.2) is 35.0 Å². The number of aryl methyl sites for hydroxylation is 1. The lowest BCUT2D eigenvalue weighted by molar-refractivity contribution is 0.117. The van der Waals surface area contributed by atoms with Crippen molar-refractivity contribution in [3.8, 4) is 0 Å². The lowest BCUT2D eigenvalue weighted by Crippen LogP contribution is -2.48. The summed E-state index contributed by atoms with van der Waals surface area (Å²) in [6, 6.07) is 5.60. The van der Waals surface area contributed by atoms with Gasteiger partial charge in [0.05, 0.1) is 18.7 Å². The summed E-state index contributed by atoms with van der Waals surface area (Å²) in [6.07, 6.45) is -2.48. The van der Waals surface area contributed by atoms with Crippen LogP contribution >= 0.6 is 0 Å². The molecule has 0 bridgehead atoms. The summed E-state index contributed by atoms with van der Waals surface area (Å²) in [4.78, 5) is 10.9. The number of furan rings is 1.